The van der Waals surface area contributed by atoms with Crippen molar-refractivity contribution in [1.82, 2.24) is 4.98 Å². The molecule has 1 aromatic heterocycles. The second-order valence-electron chi connectivity index (χ2n) is 4.72. The van der Waals surface area contributed by atoms with Crippen molar-refractivity contribution in [1.29, 1.82) is 5.26 Å². The van der Waals surface area contributed by atoms with E-state index in [-0.39, 0.29) is 6.61 Å². The minimum atomic E-state index is 0.231. The lowest BCUT2D eigenvalue weighted by molar-refractivity contribution is 0.244. The van der Waals surface area contributed by atoms with Crippen LogP contribution in [0.15, 0.2) is 12.3 Å². The maximum Gasteiger partial charge on any atom is 0.151 e. The second-order valence-corrected chi connectivity index (χ2v) is 4.72. The largest absolute Gasteiger partial charge is 0.396 e. The second kappa shape index (κ2) is 5.69. The molecule has 0 saturated carbocycles. The highest BCUT2D eigenvalue weighted by atomic mass is 16.3. The van der Waals surface area contributed by atoms with E-state index in [4.69, 9.17) is 16.1 Å². The van der Waals surface area contributed by atoms with E-state index >= 15 is 0 Å². The fourth-order valence-corrected chi connectivity index (χ4v) is 2.48. The lowest BCUT2D eigenvalue weighted by Crippen LogP contribution is -2.36. The number of nitriles is 1. The Balaban J connectivity index is 2.13. The van der Waals surface area contributed by atoms with Crippen LogP contribution in [0.3, 0.4) is 0 Å². The molecule has 0 aliphatic carbocycles. The first kappa shape index (κ1) is 12.7. The van der Waals surface area contributed by atoms with E-state index in [1.807, 2.05) is 6.07 Å². The van der Waals surface area contributed by atoms with Crippen LogP contribution in [-0.2, 0) is 0 Å². The first-order valence-corrected chi connectivity index (χ1v) is 6.26. The summed E-state index contributed by atoms with van der Waals surface area (Å²) >= 11 is 0. The molecule has 1 atom stereocenters. The molecule has 5 nitrogen and oxygen atoms in total. The smallest absolute Gasteiger partial charge is 0.151 e. The van der Waals surface area contributed by atoms with Gasteiger partial charge in [0, 0.05) is 25.9 Å². The van der Waals surface area contributed by atoms with E-state index in [2.05, 4.69) is 9.88 Å². The molecule has 0 aromatic carbocycles. The van der Waals surface area contributed by atoms with Gasteiger partial charge in [0.1, 0.15) is 6.07 Å². The van der Waals surface area contributed by atoms with Gasteiger partial charge in [-0.15, -0.1) is 0 Å². The summed E-state index contributed by atoms with van der Waals surface area (Å²) in [6.07, 6.45) is 4.62. The van der Waals surface area contributed by atoms with Crippen molar-refractivity contribution < 1.29 is 5.11 Å². The lowest BCUT2D eigenvalue weighted by atomic mass is 9.95. The van der Waals surface area contributed by atoms with Gasteiger partial charge in [-0.05, 0) is 31.2 Å². The first-order valence-electron chi connectivity index (χ1n) is 6.26. The Hall–Kier alpha value is -1.80. The van der Waals surface area contributed by atoms with E-state index in [0.29, 0.717) is 17.2 Å². The van der Waals surface area contributed by atoms with Crippen molar-refractivity contribution in [2.75, 3.05) is 30.3 Å². The summed E-state index contributed by atoms with van der Waals surface area (Å²) in [6.45, 7) is 2.05. The SMILES string of the molecule is N#Cc1cnc(N2CCCC(CCO)C2)c(N)c1. The Morgan fingerprint density at radius 2 is 2.44 bits per heavy atom. The fraction of sp³-hybridized carbons (Fsp3) is 0.538. The summed E-state index contributed by atoms with van der Waals surface area (Å²) < 4.78 is 0. The number of nitrogens with two attached hydrogens (primary N) is 1. The normalized spacial score (nSPS) is 19.6. The third kappa shape index (κ3) is 2.71. The number of hydrogen-bond acceptors (Lipinski definition) is 5. The highest BCUT2D eigenvalue weighted by molar-refractivity contribution is 5.64. The van der Waals surface area contributed by atoms with Gasteiger partial charge in [0.15, 0.2) is 5.82 Å². The highest BCUT2D eigenvalue weighted by Crippen LogP contribution is 2.27. The number of piperidine rings is 1. The molecule has 5 heteroatoms. The van der Waals surface area contributed by atoms with Gasteiger partial charge in [0.2, 0.25) is 0 Å². The van der Waals surface area contributed by atoms with Crippen LogP contribution in [0.2, 0.25) is 0 Å². The number of nitrogens with zero attached hydrogens (tertiary/aromatic N) is 3. The molecule has 18 heavy (non-hydrogen) atoms. The van der Waals surface area contributed by atoms with E-state index in [1.165, 1.54) is 0 Å². The summed E-state index contributed by atoms with van der Waals surface area (Å²) in [6, 6.07) is 3.70. The van der Waals surface area contributed by atoms with Gasteiger partial charge in [-0.2, -0.15) is 5.26 Å². The maximum absolute atomic E-state index is 9.00. The molecular weight excluding hydrogens is 228 g/mol. The fourth-order valence-electron chi connectivity index (χ4n) is 2.48. The molecule has 1 saturated heterocycles. The number of anilines is 2. The van der Waals surface area contributed by atoms with Crippen molar-refractivity contribution >= 4 is 11.5 Å². The number of aliphatic hydroxyl groups excluding tert-OH is 1. The molecule has 0 radical (unpaired) electrons. The monoisotopic (exact) mass is 246 g/mol. The number of aliphatic hydroxyl groups is 1. The minimum Gasteiger partial charge on any atom is -0.396 e. The summed E-state index contributed by atoms with van der Waals surface area (Å²) in [5.41, 5.74) is 6.98. The molecule has 1 aromatic rings. The molecule has 0 amide bonds. The highest BCUT2D eigenvalue weighted by Gasteiger charge is 2.21. The molecule has 96 valence electrons. The zero-order chi connectivity index (χ0) is 13.0. The van der Waals surface area contributed by atoms with Gasteiger partial charge >= 0.3 is 0 Å². The van der Waals surface area contributed by atoms with Crippen LogP contribution in [0, 0.1) is 17.2 Å². The van der Waals surface area contributed by atoms with Crippen LogP contribution in [-0.4, -0.2) is 29.8 Å². The molecule has 3 N–H and O–H groups in total. The van der Waals surface area contributed by atoms with E-state index < -0.39 is 0 Å². The van der Waals surface area contributed by atoms with Crippen molar-refractivity contribution in [2.24, 2.45) is 5.92 Å². The average Bonchev–Trinajstić information content (AvgIpc) is 2.39. The third-order valence-corrected chi connectivity index (χ3v) is 3.38. The number of nitrogen functional groups attached to an aromatic ring is 1. The van der Waals surface area contributed by atoms with Crippen molar-refractivity contribution in [2.45, 2.75) is 19.3 Å². The van der Waals surface area contributed by atoms with Crippen LogP contribution in [0.4, 0.5) is 11.5 Å². The maximum atomic E-state index is 9.00. The zero-order valence-electron chi connectivity index (χ0n) is 10.3. The molecule has 0 spiro atoms. The van der Waals surface area contributed by atoms with Gasteiger partial charge in [-0.25, -0.2) is 4.98 Å². The van der Waals surface area contributed by atoms with Gasteiger partial charge in [0.25, 0.3) is 0 Å². The topological polar surface area (TPSA) is 86.2 Å². The summed E-state index contributed by atoms with van der Waals surface area (Å²) in [4.78, 5) is 6.44. The standard InChI is InChI=1S/C13H18N4O/c14-7-11-6-12(15)13(16-8-11)17-4-1-2-10(9-17)3-5-18/h6,8,10,18H,1-5,9,15H2. The first-order chi connectivity index (χ1) is 8.74. The summed E-state index contributed by atoms with van der Waals surface area (Å²) in [5.74, 6) is 1.26. The van der Waals surface area contributed by atoms with E-state index in [0.717, 1.165) is 38.2 Å². The predicted octanol–water partition coefficient (Wildman–Crippen LogP) is 1.13. The lowest BCUT2D eigenvalue weighted by Gasteiger charge is -2.34. The van der Waals surface area contributed by atoms with Crippen LogP contribution in [0.1, 0.15) is 24.8 Å². The number of hydrogen-bond donors (Lipinski definition) is 2. The van der Waals surface area contributed by atoms with Gasteiger partial charge < -0.3 is 15.7 Å². The summed E-state index contributed by atoms with van der Waals surface area (Å²) in [5, 5.41) is 17.8. The number of pyridine rings is 1. The Labute approximate surface area is 107 Å². The third-order valence-electron chi connectivity index (χ3n) is 3.38. The Morgan fingerprint density at radius 3 is 3.11 bits per heavy atom. The molecule has 2 heterocycles. The number of aromatic nitrogens is 1. The molecule has 0 bridgehead atoms. The summed E-state index contributed by atoms with van der Waals surface area (Å²) in [7, 11) is 0. The van der Waals surface area contributed by atoms with Gasteiger partial charge in [-0.1, -0.05) is 0 Å². The molecule has 1 aliphatic rings. The Bertz CT molecular complexity index is 453. The minimum absolute atomic E-state index is 0.231. The quantitative estimate of drug-likeness (QED) is 0.835. The predicted molar refractivity (Wildman–Crippen MR) is 70.0 cm³/mol. The van der Waals surface area contributed by atoms with Crippen molar-refractivity contribution in [3.8, 4) is 6.07 Å². The molecule has 1 unspecified atom stereocenters. The van der Waals surface area contributed by atoms with Gasteiger partial charge in [-0.3, -0.25) is 0 Å². The molecule has 2 rings (SSSR count). The Morgan fingerprint density at radius 1 is 1.61 bits per heavy atom. The van der Waals surface area contributed by atoms with Gasteiger partial charge in [0.05, 0.1) is 11.3 Å². The van der Waals surface area contributed by atoms with E-state index in [9.17, 15) is 0 Å². The molecule has 1 aliphatic heterocycles. The number of rotatable bonds is 3. The molecular formula is C13H18N4O. The zero-order valence-corrected chi connectivity index (χ0v) is 10.3. The van der Waals surface area contributed by atoms with Crippen LogP contribution in [0.25, 0.3) is 0 Å². The van der Waals surface area contributed by atoms with Crippen molar-refractivity contribution in [3.63, 3.8) is 0 Å². The van der Waals surface area contributed by atoms with Crippen LogP contribution < -0.4 is 10.6 Å². The van der Waals surface area contributed by atoms with Crippen LogP contribution in [0.5, 0.6) is 0 Å². The van der Waals surface area contributed by atoms with Crippen molar-refractivity contribution in [3.05, 3.63) is 17.8 Å². The Kier molecular flexibility index (Phi) is 4.00. The van der Waals surface area contributed by atoms with E-state index in [1.54, 1.807) is 12.3 Å². The van der Waals surface area contributed by atoms with Crippen LogP contribution >= 0.6 is 0 Å². The average molecular weight is 246 g/mol. The molecule has 1 fully saturated rings.